The second-order valence-corrected chi connectivity index (χ2v) is 6.84. The molecule has 0 spiro atoms. The summed E-state index contributed by atoms with van der Waals surface area (Å²) in [4.78, 5) is 23.5. The van der Waals surface area contributed by atoms with E-state index in [0.717, 1.165) is 47.8 Å². The van der Waals surface area contributed by atoms with E-state index in [4.69, 9.17) is 0 Å². The molecule has 0 bridgehead atoms. The number of rotatable bonds is 4. The molecule has 0 radical (unpaired) electrons. The number of hydrogen-bond donors (Lipinski definition) is 1. The van der Waals surface area contributed by atoms with E-state index < -0.39 is 0 Å². The van der Waals surface area contributed by atoms with Crippen molar-refractivity contribution < 1.29 is 4.79 Å². The Morgan fingerprint density at radius 1 is 1.27 bits per heavy atom. The first-order valence-electron chi connectivity index (χ1n) is 8.71. The van der Waals surface area contributed by atoms with Gasteiger partial charge in [0.2, 0.25) is 5.91 Å². The summed E-state index contributed by atoms with van der Waals surface area (Å²) in [5.41, 5.74) is 4.55. The van der Waals surface area contributed by atoms with Crippen molar-refractivity contribution in [3.8, 4) is 5.95 Å². The highest BCUT2D eigenvalue weighted by Crippen LogP contribution is 2.19. The first kappa shape index (κ1) is 20.3. The number of amides is 1. The summed E-state index contributed by atoms with van der Waals surface area (Å²) in [7, 11) is 1.89. The molecular formula is C18H27ClN6O. The highest BCUT2D eigenvalue weighted by molar-refractivity contribution is 5.85. The van der Waals surface area contributed by atoms with Gasteiger partial charge in [0.05, 0.1) is 12.1 Å². The maximum Gasteiger partial charge on any atom is 0.251 e. The molecule has 1 aliphatic rings. The Balaban J connectivity index is 0.00000243. The summed E-state index contributed by atoms with van der Waals surface area (Å²) >= 11 is 0. The lowest BCUT2D eigenvalue weighted by atomic mass is 10.1. The van der Waals surface area contributed by atoms with Gasteiger partial charge in [-0.2, -0.15) is 5.10 Å². The molecule has 1 atom stereocenters. The summed E-state index contributed by atoms with van der Waals surface area (Å²) in [5.74, 6) is 0.686. The summed E-state index contributed by atoms with van der Waals surface area (Å²) < 4.78 is 1.75. The lowest BCUT2D eigenvalue weighted by molar-refractivity contribution is -0.130. The standard InChI is InChI=1S/C18H26N6O.ClH/c1-11-8-12(2)21-18(20-11)24-14(4)16(13(3)22-24)9-17(25)23(5)15-6-7-19-10-15;/h8,15,19H,6-7,9-10H2,1-5H3;1H. The van der Waals surface area contributed by atoms with Gasteiger partial charge in [-0.25, -0.2) is 14.6 Å². The third-order valence-electron chi connectivity index (χ3n) is 4.90. The Kier molecular flexibility index (Phi) is 6.36. The highest BCUT2D eigenvalue weighted by Gasteiger charge is 2.25. The molecule has 1 unspecified atom stereocenters. The summed E-state index contributed by atoms with van der Waals surface area (Å²) in [6.07, 6.45) is 1.37. The van der Waals surface area contributed by atoms with E-state index in [9.17, 15) is 4.79 Å². The molecule has 1 saturated heterocycles. The lowest BCUT2D eigenvalue weighted by Crippen LogP contribution is -2.39. The number of aryl methyl sites for hydroxylation is 3. The predicted octanol–water partition coefficient (Wildman–Crippen LogP) is 1.68. The Hall–Kier alpha value is -1.99. The topological polar surface area (TPSA) is 75.9 Å². The number of nitrogens with zero attached hydrogens (tertiary/aromatic N) is 5. The van der Waals surface area contributed by atoms with Crippen LogP contribution < -0.4 is 5.32 Å². The van der Waals surface area contributed by atoms with Crippen molar-refractivity contribution >= 4 is 18.3 Å². The van der Waals surface area contributed by atoms with Crippen LogP contribution in [0.1, 0.15) is 34.8 Å². The molecule has 1 aliphatic heterocycles. The molecule has 0 aromatic carbocycles. The molecule has 2 aromatic heterocycles. The van der Waals surface area contributed by atoms with Crippen LogP contribution in [0.25, 0.3) is 5.95 Å². The van der Waals surface area contributed by atoms with Crippen LogP contribution in [0.15, 0.2) is 6.07 Å². The second-order valence-electron chi connectivity index (χ2n) is 6.84. The Morgan fingerprint density at radius 2 is 1.92 bits per heavy atom. The van der Waals surface area contributed by atoms with Gasteiger partial charge in [0.15, 0.2) is 0 Å². The first-order chi connectivity index (χ1) is 11.9. The Morgan fingerprint density at radius 3 is 2.50 bits per heavy atom. The average molecular weight is 379 g/mol. The van der Waals surface area contributed by atoms with Gasteiger partial charge in [-0.15, -0.1) is 12.4 Å². The SMILES string of the molecule is Cc1cc(C)nc(-n2nc(C)c(CC(=O)N(C)C3CCNC3)c2C)n1.Cl. The van der Waals surface area contributed by atoms with Crippen LogP contribution in [0, 0.1) is 27.7 Å². The van der Waals surface area contributed by atoms with Crippen LogP contribution >= 0.6 is 12.4 Å². The van der Waals surface area contributed by atoms with Crippen molar-refractivity contribution in [2.75, 3.05) is 20.1 Å². The maximum absolute atomic E-state index is 12.7. The molecule has 1 N–H and O–H groups in total. The fourth-order valence-electron chi connectivity index (χ4n) is 3.38. The second kappa shape index (κ2) is 8.14. The van der Waals surface area contributed by atoms with Gasteiger partial charge >= 0.3 is 0 Å². The first-order valence-corrected chi connectivity index (χ1v) is 8.71. The normalized spacial score (nSPS) is 16.4. The minimum atomic E-state index is 0. The lowest BCUT2D eigenvalue weighted by Gasteiger charge is -2.23. The smallest absolute Gasteiger partial charge is 0.251 e. The highest BCUT2D eigenvalue weighted by atomic mass is 35.5. The summed E-state index contributed by atoms with van der Waals surface area (Å²) in [6, 6.07) is 2.22. The molecule has 0 saturated carbocycles. The number of halogens is 1. The minimum absolute atomic E-state index is 0. The predicted molar refractivity (Wildman–Crippen MR) is 103 cm³/mol. The van der Waals surface area contributed by atoms with Crippen molar-refractivity contribution in [3.63, 3.8) is 0 Å². The van der Waals surface area contributed by atoms with Gasteiger partial charge < -0.3 is 10.2 Å². The van der Waals surface area contributed by atoms with Crippen LogP contribution in [0.5, 0.6) is 0 Å². The molecule has 1 amide bonds. The van der Waals surface area contributed by atoms with Gasteiger partial charge in [-0.1, -0.05) is 0 Å². The van der Waals surface area contributed by atoms with Gasteiger partial charge in [0, 0.05) is 42.3 Å². The van der Waals surface area contributed by atoms with Gasteiger partial charge in [-0.3, -0.25) is 4.79 Å². The van der Waals surface area contributed by atoms with Gasteiger partial charge in [-0.05, 0) is 46.7 Å². The quantitative estimate of drug-likeness (QED) is 0.876. The molecule has 7 nitrogen and oxygen atoms in total. The Bertz CT molecular complexity index is 777. The zero-order valence-electron chi connectivity index (χ0n) is 16.0. The average Bonchev–Trinajstić information content (AvgIpc) is 3.17. The van der Waals surface area contributed by atoms with E-state index in [1.54, 1.807) is 4.68 Å². The zero-order chi connectivity index (χ0) is 18.1. The fraction of sp³-hybridized carbons (Fsp3) is 0.556. The molecule has 26 heavy (non-hydrogen) atoms. The van der Waals surface area contributed by atoms with E-state index in [1.165, 1.54) is 0 Å². The van der Waals surface area contributed by atoms with Crippen LogP contribution in [0.4, 0.5) is 0 Å². The maximum atomic E-state index is 12.7. The van der Waals surface area contributed by atoms with E-state index in [1.807, 2.05) is 45.7 Å². The van der Waals surface area contributed by atoms with Gasteiger partial charge in [0.25, 0.3) is 5.95 Å². The summed E-state index contributed by atoms with van der Waals surface area (Å²) in [5, 5.41) is 7.89. The monoisotopic (exact) mass is 378 g/mol. The van der Waals surface area contributed by atoms with Crippen LogP contribution in [0.3, 0.4) is 0 Å². The zero-order valence-corrected chi connectivity index (χ0v) is 16.9. The molecule has 8 heteroatoms. The number of likely N-dealkylation sites (N-methyl/N-ethyl adjacent to an activating group) is 1. The van der Waals surface area contributed by atoms with Crippen LogP contribution in [0.2, 0.25) is 0 Å². The van der Waals surface area contributed by atoms with Crippen molar-refractivity contribution in [1.29, 1.82) is 0 Å². The fourth-order valence-corrected chi connectivity index (χ4v) is 3.38. The number of carbonyl (C=O) groups excluding carboxylic acids is 1. The van der Waals surface area contributed by atoms with Crippen LogP contribution in [-0.4, -0.2) is 56.7 Å². The number of nitrogens with one attached hydrogen (secondary N) is 1. The number of hydrogen-bond acceptors (Lipinski definition) is 5. The minimum Gasteiger partial charge on any atom is -0.341 e. The van der Waals surface area contributed by atoms with Gasteiger partial charge in [0.1, 0.15) is 0 Å². The van der Waals surface area contributed by atoms with Crippen molar-refractivity contribution in [2.24, 2.45) is 0 Å². The van der Waals surface area contributed by atoms with E-state index in [0.29, 0.717) is 12.4 Å². The molecule has 3 rings (SSSR count). The van der Waals surface area contributed by atoms with E-state index in [2.05, 4.69) is 20.4 Å². The van der Waals surface area contributed by atoms with Crippen LogP contribution in [-0.2, 0) is 11.2 Å². The molecule has 3 heterocycles. The number of aromatic nitrogens is 4. The Labute approximate surface area is 160 Å². The van der Waals surface area contributed by atoms with Crippen molar-refractivity contribution in [1.82, 2.24) is 30.0 Å². The molecular weight excluding hydrogens is 352 g/mol. The molecule has 2 aromatic rings. The van der Waals surface area contributed by atoms with E-state index in [-0.39, 0.29) is 24.4 Å². The molecule has 0 aliphatic carbocycles. The summed E-state index contributed by atoms with van der Waals surface area (Å²) in [6.45, 7) is 9.64. The molecule has 1 fully saturated rings. The largest absolute Gasteiger partial charge is 0.341 e. The van der Waals surface area contributed by atoms with Crippen molar-refractivity contribution in [3.05, 3.63) is 34.4 Å². The van der Waals surface area contributed by atoms with Crippen molar-refractivity contribution in [2.45, 2.75) is 46.6 Å². The number of carbonyl (C=O) groups is 1. The third-order valence-corrected chi connectivity index (χ3v) is 4.90. The molecule has 142 valence electrons. The third kappa shape index (κ3) is 4.04. The van der Waals surface area contributed by atoms with E-state index >= 15 is 0 Å².